The highest BCUT2D eigenvalue weighted by Crippen LogP contribution is 2.38. The first-order valence-corrected chi connectivity index (χ1v) is 9.15. The topological polar surface area (TPSA) is 60.0 Å². The molecule has 0 unspecified atom stereocenters. The Morgan fingerprint density at radius 3 is 2.32 bits per heavy atom. The van der Waals surface area contributed by atoms with Gasteiger partial charge in [0.2, 0.25) is 5.75 Å². The van der Waals surface area contributed by atoms with Crippen LogP contribution in [0.4, 0.5) is 0 Å². The predicted molar refractivity (Wildman–Crippen MR) is 112 cm³/mol. The monoisotopic (exact) mass is 418 g/mol. The number of halogens is 1. The van der Waals surface area contributed by atoms with Crippen molar-refractivity contribution < 1.29 is 19.0 Å². The summed E-state index contributed by atoms with van der Waals surface area (Å²) in [6, 6.07) is 10.8. The molecule has 28 heavy (non-hydrogen) atoms. The second-order valence-electron chi connectivity index (χ2n) is 5.93. The fourth-order valence-electron chi connectivity index (χ4n) is 2.86. The van der Waals surface area contributed by atoms with Crippen LogP contribution < -0.4 is 19.5 Å². The summed E-state index contributed by atoms with van der Waals surface area (Å²) in [5.74, 6) is 1.23. The van der Waals surface area contributed by atoms with Gasteiger partial charge in [0.05, 0.1) is 27.9 Å². The molecule has 146 valence electrons. The number of methoxy groups -OCH3 is 3. The zero-order chi connectivity index (χ0) is 20.3. The molecule has 1 N–H and O–H groups in total. The number of hydrogen-bond acceptors (Lipinski definition) is 5. The Balaban J connectivity index is 1.90. The number of benzene rings is 2. The van der Waals surface area contributed by atoms with Crippen LogP contribution in [0.1, 0.15) is 11.1 Å². The van der Waals surface area contributed by atoms with Crippen LogP contribution in [0.3, 0.4) is 0 Å². The van der Waals surface area contributed by atoms with Crippen LogP contribution >= 0.6 is 23.8 Å². The maximum absolute atomic E-state index is 12.8. The number of amides is 1. The molecular formula is C20H19ClN2O4S. The summed E-state index contributed by atoms with van der Waals surface area (Å²) in [6.45, 7) is 0.289. The third-order valence-electron chi connectivity index (χ3n) is 4.25. The minimum Gasteiger partial charge on any atom is -0.493 e. The van der Waals surface area contributed by atoms with Crippen molar-refractivity contribution >= 4 is 40.9 Å². The molecule has 0 aromatic heterocycles. The van der Waals surface area contributed by atoms with Gasteiger partial charge in [0.1, 0.15) is 5.70 Å². The maximum atomic E-state index is 12.8. The van der Waals surface area contributed by atoms with Crippen molar-refractivity contribution in [2.45, 2.75) is 6.54 Å². The Hall–Kier alpha value is -2.77. The van der Waals surface area contributed by atoms with Gasteiger partial charge >= 0.3 is 0 Å². The lowest BCUT2D eigenvalue weighted by Crippen LogP contribution is -2.30. The number of ether oxygens (including phenoxy) is 3. The molecule has 0 radical (unpaired) electrons. The Kier molecular flexibility index (Phi) is 6.06. The van der Waals surface area contributed by atoms with Crippen LogP contribution in [0.5, 0.6) is 17.2 Å². The van der Waals surface area contributed by atoms with E-state index in [2.05, 4.69) is 5.32 Å². The van der Waals surface area contributed by atoms with Gasteiger partial charge in [-0.2, -0.15) is 0 Å². The van der Waals surface area contributed by atoms with Gasteiger partial charge < -0.3 is 19.5 Å². The van der Waals surface area contributed by atoms with Crippen molar-refractivity contribution in [2.24, 2.45) is 0 Å². The second-order valence-corrected chi connectivity index (χ2v) is 6.72. The molecule has 1 aliphatic rings. The van der Waals surface area contributed by atoms with Gasteiger partial charge in [-0.25, -0.2) is 0 Å². The van der Waals surface area contributed by atoms with Crippen molar-refractivity contribution in [1.29, 1.82) is 0 Å². The average molecular weight is 419 g/mol. The number of rotatable bonds is 6. The number of carbonyl (C=O) groups is 1. The Labute approximate surface area is 173 Å². The highest BCUT2D eigenvalue weighted by Gasteiger charge is 2.31. The van der Waals surface area contributed by atoms with Gasteiger partial charge in [0.15, 0.2) is 16.6 Å². The Bertz CT molecular complexity index is 936. The largest absolute Gasteiger partial charge is 0.493 e. The summed E-state index contributed by atoms with van der Waals surface area (Å²) >= 11 is 11.5. The summed E-state index contributed by atoms with van der Waals surface area (Å²) in [7, 11) is 4.60. The molecule has 8 heteroatoms. The normalized spacial score (nSPS) is 15.0. The van der Waals surface area contributed by atoms with Gasteiger partial charge in [-0.1, -0.05) is 29.8 Å². The minimum absolute atomic E-state index is 0.237. The number of nitrogens with zero attached hydrogens (tertiary/aromatic N) is 1. The number of carbonyl (C=O) groups excluding carboxylic acids is 1. The summed E-state index contributed by atoms with van der Waals surface area (Å²) in [5, 5.41) is 3.86. The van der Waals surface area contributed by atoms with Crippen molar-refractivity contribution in [3.8, 4) is 17.2 Å². The van der Waals surface area contributed by atoms with E-state index in [0.29, 0.717) is 38.6 Å². The Morgan fingerprint density at radius 1 is 1.11 bits per heavy atom. The third-order valence-corrected chi connectivity index (χ3v) is 4.94. The fourth-order valence-corrected chi connectivity index (χ4v) is 3.32. The van der Waals surface area contributed by atoms with Gasteiger partial charge in [0, 0.05) is 5.02 Å². The smallest absolute Gasteiger partial charge is 0.276 e. The van der Waals surface area contributed by atoms with Gasteiger partial charge in [-0.15, -0.1) is 0 Å². The SMILES string of the molecule is COc1cc(/C=C2\NC(=S)N(Cc3ccccc3Cl)C2=O)cc(OC)c1OC. The first-order chi connectivity index (χ1) is 13.5. The second kappa shape index (κ2) is 8.50. The first-order valence-electron chi connectivity index (χ1n) is 8.36. The molecule has 1 amide bonds. The maximum Gasteiger partial charge on any atom is 0.276 e. The van der Waals surface area contributed by atoms with Gasteiger partial charge in [-0.05, 0) is 47.6 Å². The van der Waals surface area contributed by atoms with Crippen LogP contribution in [0.2, 0.25) is 5.02 Å². The molecular weight excluding hydrogens is 400 g/mol. The van der Waals surface area contributed by atoms with E-state index in [1.54, 1.807) is 24.3 Å². The minimum atomic E-state index is -0.237. The molecule has 1 saturated heterocycles. The lowest BCUT2D eigenvalue weighted by Gasteiger charge is -2.15. The molecule has 0 spiro atoms. The fraction of sp³-hybridized carbons (Fsp3) is 0.200. The molecule has 3 rings (SSSR count). The summed E-state index contributed by atoms with van der Waals surface area (Å²) < 4.78 is 16.0. The van der Waals surface area contributed by atoms with Crippen LogP contribution in [-0.4, -0.2) is 37.2 Å². The molecule has 0 bridgehead atoms. The van der Waals surface area contributed by atoms with E-state index in [1.165, 1.54) is 26.2 Å². The molecule has 0 atom stereocenters. The van der Waals surface area contributed by atoms with E-state index in [0.717, 1.165) is 5.56 Å². The lowest BCUT2D eigenvalue weighted by atomic mass is 10.1. The first kappa shape index (κ1) is 20.0. The zero-order valence-corrected chi connectivity index (χ0v) is 17.2. The standard InChI is InChI=1S/C20H19ClN2O4S/c1-25-16-9-12(10-17(26-2)18(16)27-3)8-15-19(24)23(20(28)22-15)11-13-6-4-5-7-14(13)21/h4-10H,11H2,1-3H3,(H,22,28)/b15-8-. The van der Waals surface area contributed by atoms with Crippen LogP contribution in [0, 0.1) is 0 Å². The molecule has 0 saturated carbocycles. The summed E-state index contributed by atoms with van der Waals surface area (Å²) in [6.07, 6.45) is 1.69. The van der Waals surface area contributed by atoms with E-state index < -0.39 is 0 Å². The van der Waals surface area contributed by atoms with Crippen molar-refractivity contribution in [1.82, 2.24) is 10.2 Å². The van der Waals surface area contributed by atoms with Gasteiger partial charge in [-0.3, -0.25) is 9.69 Å². The van der Waals surface area contributed by atoms with Crippen molar-refractivity contribution in [3.05, 3.63) is 58.2 Å². The molecule has 1 heterocycles. The van der Waals surface area contributed by atoms with Crippen LogP contribution in [0.15, 0.2) is 42.1 Å². The molecule has 6 nitrogen and oxygen atoms in total. The molecule has 0 aliphatic carbocycles. The van der Waals surface area contributed by atoms with Crippen molar-refractivity contribution in [3.63, 3.8) is 0 Å². The van der Waals surface area contributed by atoms with Gasteiger partial charge in [0.25, 0.3) is 5.91 Å². The quantitative estimate of drug-likeness (QED) is 0.571. The molecule has 1 fully saturated rings. The summed E-state index contributed by atoms with van der Waals surface area (Å²) in [5.41, 5.74) is 1.87. The lowest BCUT2D eigenvalue weighted by molar-refractivity contribution is -0.122. The molecule has 1 aliphatic heterocycles. The number of hydrogen-bond donors (Lipinski definition) is 1. The number of nitrogens with one attached hydrogen (secondary N) is 1. The zero-order valence-electron chi connectivity index (χ0n) is 15.6. The van der Waals surface area contributed by atoms with Crippen molar-refractivity contribution in [2.75, 3.05) is 21.3 Å². The highest BCUT2D eigenvalue weighted by molar-refractivity contribution is 7.80. The predicted octanol–water partition coefficient (Wildman–Crippen LogP) is 3.62. The third kappa shape index (κ3) is 3.90. The molecule has 2 aromatic rings. The number of thiocarbonyl (C=S) groups is 1. The van der Waals surface area contributed by atoms with E-state index in [-0.39, 0.29) is 12.5 Å². The van der Waals surface area contributed by atoms with E-state index in [4.69, 9.17) is 38.0 Å². The highest BCUT2D eigenvalue weighted by atomic mass is 35.5. The average Bonchev–Trinajstić information content (AvgIpc) is 2.96. The summed E-state index contributed by atoms with van der Waals surface area (Å²) in [4.78, 5) is 14.3. The van der Waals surface area contributed by atoms with E-state index >= 15 is 0 Å². The van der Waals surface area contributed by atoms with E-state index in [9.17, 15) is 4.79 Å². The van der Waals surface area contributed by atoms with Crippen LogP contribution in [-0.2, 0) is 11.3 Å². The molecule has 2 aromatic carbocycles. The van der Waals surface area contributed by atoms with E-state index in [1.807, 2.05) is 18.2 Å². The van der Waals surface area contributed by atoms with Crippen LogP contribution in [0.25, 0.3) is 6.08 Å². The Morgan fingerprint density at radius 2 is 1.75 bits per heavy atom.